The topological polar surface area (TPSA) is 139 Å². The van der Waals surface area contributed by atoms with E-state index in [1.54, 1.807) is 0 Å². The van der Waals surface area contributed by atoms with Crippen LogP contribution in [-0.4, -0.2) is 40.6 Å². The van der Waals surface area contributed by atoms with Crippen molar-refractivity contribution in [1.82, 2.24) is 40.6 Å². The molecule has 0 amide bonds. The van der Waals surface area contributed by atoms with Crippen molar-refractivity contribution >= 4 is 0 Å². The van der Waals surface area contributed by atoms with E-state index in [0.717, 1.165) is 9.58 Å². The number of rotatable bonds is 0. The van der Waals surface area contributed by atoms with Gasteiger partial charge >= 0.3 is 0 Å². The third-order valence-electron chi connectivity index (χ3n) is 0.730. The Morgan fingerprint density at radius 3 is 1.31 bits per heavy atom. The zero-order chi connectivity index (χ0) is 8.81. The van der Waals surface area contributed by atoms with Crippen LogP contribution in [0.15, 0.2) is 12.7 Å². The van der Waals surface area contributed by atoms with Gasteiger partial charge in [0.25, 0.3) is 0 Å². The fraction of sp³-hybridized carbons (Fsp3) is 0. The van der Waals surface area contributed by atoms with Gasteiger partial charge in [0.15, 0.2) is 12.7 Å². The number of aromatic nitrogens is 8. The first-order valence-electron chi connectivity index (χ1n) is 2.75. The molecule has 0 saturated heterocycles. The van der Waals surface area contributed by atoms with Crippen LogP contribution in [0, 0.1) is 0 Å². The molecule has 2 aromatic rings. The van der Waals surface area contributed by atoms with Crippen molar-refractivity contribution in [3.8, 4) is 0 Å². The Hall–Kier alpha value is -1.64. The molecule has 2 heterocycles. The van der Waals surface area contributed by atoms with Crippen molar-refractivity contribution in [1.29, 1.82) is 0 Å². The fourth-order valence-electron chi connectivity index (χ4n) is 0.337. The maximum absolute atomic E-state index is 4.96. The Morgan fingerprint density at radius 2 is 1.23 bits per heavy atom. The van der Waals surface area contributed by atoms with Crippen molar-refractivity contribution in [2.24, 2.45) is 0 Å². The molecule has 0 bridgehead atoms. The smallest absolute Gasteiger partial charge is 0.161 e. The van der Waals surface area contributed by atoms with Gasteiger partial charge in [0, 0.05) is 19.5 Å². The average Bonchev–Trinajstić information content (AvgIpc) is 2.63. The predicted octanol–water partition coefficient (Wildman–Crippen LogP) is -3.23. The number of hydrogen-bond donors (Lipinski definition) is 2. The second-order valence-corrected chi connectivity index (χ2v) is 1.58. The van der Waals surface area contributed by atoms with E-state index in [4.69, 9.17) is 11.7 Å². The molecule has 0 aliphatic carbocycles. The summed E-state index contributed by atoms with van der Waals surface area (Å²) in [6.45, 7) is 0. The Balaban J connectivity index is 0.000000206. The van der Waals surface area contributed by atoms with Crippen LogP contribution >= 0.6 is 0 Å². The van der Waals surface area contributed by atoms with E-state index in [-0.39, 0.29) is 19.5 Å². The number of nitrogen functional groups attached to an aromatic ring is 2. The molecule has 66 valence electrons. The first kappa shape index (κ1) is 11.4. The SMILES string of the molecule is Nn1cnnn1.Nn1cnnn1.[Zn]. The fourth-order valence-corrected chi connectivity index (χ4v) is 0.337. The molecule has 4 N–H and O–H groups in total. The van der Waals surface area contributed by atoms with Gasteiger partial charge in [-0.1, -0.05) is 0 Å². The van der Waals surface area contributed by atoms with Gasteiger partial charge in [0.1, 0.15) is 0 Å². The monoisotopic (exact) mass is 234 g/mol. The molecule has 2 aromatic heterocycles. The molecule has 10 nitrogen and oxygen atoms in total. The van der Waals surface area contributed by atoms with E-state index in [1.165, 1.54) is 12.7 Å². The van der Waals surface area contributed by atoms with E-state index in [9.17, 15) is 0 Å². The van der Waals surface area contributed by atoms with E-state index in [1.807, 2.05) is 0 Å². The van der Waals surface area contributed by atoms with Crippen LogP contribution in [0.4, 0.5) is 0 Å². The molecule has 0 saturated carbocycles. The molecule has 0 spiro atoms. The Morgan fingerprint density at radius 1 is 0.846 bits per heavy atom. The second kappa shape index (κ2) is 5.94. The number of nitrogens with zero attached hydrogens (tertiary/aromatic N) is 8. The van der Waals surface area contributed by atoms with Crippen molar-refractivity contribution in [3.05, 3.63) is 12.7 Å². The summed E-state index contributed by atoms with van der Waals surface area (Å²) in [4.78, 5) is 2.06. The molecule has 11 heteroatoms. The van der Waals surface area contributed by atoms with E-state index in [0.29, 0.717) is 0 Å². The van der Waals surface area contributed by atoms with Gasteiger partial charge in [-0.25, -0.2) is 0 Å². The minimum Gasteiger partial charge on any atom is -0.320 e. The maximum atomic E-state index is 4.96. The quantitative estimate of drug-likeness (QED) is 0.359. The second-order valence-electron chi connectivity index (χ2n) is 1.58. The maximum Gasteiger partial charge on any atom is 0.161 e. The number of tetrazole rings is 2. The molecule has 0 fully saturated rings. The Bertz CT molecular complexity index is 252. The summed E-state index contributed by atoms with van der Waals surface area (Å²) in [6, 6.07) is 0. The van der Waals surface area contributed by atoms with E-state index < -0.39 is 0 Å². The Kier molecular flexibility index (Phi) is 5.20. The average molecular weight is 236 g/mol. The molecular weight excluding hydrogens is 229 g/mol. The van der Waals surface area contributed by atoms with Gasteiger partial charge in [0.05, 0.1) is 0 Å². The molecular formula is C2H6N10Zn. The standard InChI is InChI=1S/2CH3N5.Zn/c2*2-6-1-3-4-5-6;/h2*1H,2H2;. The zero-order valence-corrected chi connectivity index (χ0v) is 9.56. The first-order chi connectivity index (χ1) is 5.79. The van der Waals surface area contributed by atoms with E-state index >= 15 is 0 Å². The summed E-state index contributed by atoms with van der Waals surface area (Å²) in [7, 11) is 0. The van der Waals surface area contributed by atoms with Crippen molar-refractivity contribution in [2.75, 3.05) is 11.7 Å². The van der Waals surface area contributed by atoms with Gasteiger partial charge in [-0.05, 0) is 20.9 Å². The molecule has 0 atom stereocenters. The van der Waals surface area contributed by atoms with Gasteiger partial charge < -0.3 is 11.7 Å². The van der Waals surface area contributed by atoms with E-state index in [2.05, 4.69) is 31.1 Å². The third-order valence-corrected chi connectivity index (χ3v) is 0.730. The summed E-state index contributed by atoms with van der Waals surface area (Å²) >= 11 is 0. The van der Waals surface area contributed by atoms with Gasteiger partial charge in [-0.2, -0.15) is 0 Å². The van der Waals surface area contributed by atoms with Crippen LogP contribution < -0.4 is 11.7 Å². The number of nitrogens with two attached hydrogens (primary N) is 2. The van der Waals surface area contributed by atoms with Crippen molar-refractivity contribution < 1.29 is 19.5 Å². The molecule has 0 aliphatic heterocycles. The van der Waals surface area contributed by atoms with Crippen LogP contribution in [-0.2, 0) is 19.5 Å². The summed E-state index contributed by atoms with van der Waals surface area (Å²) in [5.74, 6) is 9.92. The summed E-state index contributed by atoms with van der Waals surface area (Å²) in [5, 5.41) is 19.4. The molecule has 13 heavy (non-hydrogen) atoms. The van der Waals surface area contributed by atoms with Crippen molar-refractivity contribution in [3.63, 3.8) is 0 Å². The molecule has 0 aliphatic rings. The van der Waals surface area contributed by atoms with Gasteiger partial charge in [0.2, 0.25) is 0 Å². The van der Waals surface area contributed by atoms with Gasteiger partial charge in [-0.3, -0.25) is 0 Å². The van der Waals surface area contributed by atoms with Crippen LogP contribution in [0.25, 0.3) is 0 Å². The summed E-state index contributed by atoms with van der Waals surface area (Å²) in [5.41, 5.74) is 0. The van der Waals surface area contributed by atoms with Crippen LogP contribution in [0.2, 0.25) is 0 Å². The summed E-state index contributed by atoms with van der Waals surface area (Å²) in [6.07, 6.45) is 2.61. The molecule has 0 radical (unpaired) electrons. The van der Waals surface area contributed by atoms with Crippen LogP contribution in [0.5, 0.6) is 0 Å². The summed E-state index contributed by atoms with van der Waals surface area (Å²) < 4.78 is 0. The third kappa shape index (κ3) is 4.74. The number of hydrogen-bond acceptors (Lipinski definition) is 8. The molecule has 2 rings (SSSR count). The normalized spacial score (nSPS) is 8.00. The molecule has 0 aromatic carbocycles. The Labute approximate surface area is 85.0 Å². The van der Waals surface area contributed by atoms with Crippen molar-refractivity contribution in [2.45, 2.75) is 0 Å². The minimum absolute atomic E-state index is 0. The first-order valence-corrected chi connectivity index (χ1v) is 2.75. The zero-order valence-electron chi connectivity index (χ0n) is 6.59. The van der Waals surface area contributed by atoms with Gasteiger partial charge in [-0.15, -0.1) is 19.8 Å². The minimum atomic E-state index is 0. The molecule has 0 unspecified atom stereocenters. The predicted molar refractivity (Wildman–Crippen MR) is 35.9 cm³/mol. The van der Waals surface area contributed by atoms with Crippen LogP contribution in [0.3, 0.4) is 0 Å². The largest absolute Gasteiger partial charge is 0.320 e. The van der Waals surface area contributed by atoms with Crippen LogP contribution in [0.1, 0.15) is 0 Å².